The van der Waals surface area contributed by atoms with Crippen LogP contribution in [0.15, 0.2) is 36.4 Å². The summed E-state index contributed by atoms with van der Waals surface area (Å²) < 4.78 is 10.3. The molecule has 0 fully saturated rings. The zero-order valence-electron chi connectivity index (χ0n) is 13.1. The second-order valence-electron chi connectivity index (χ2n) is 4.92. The van der Waals surface area contributed by atoms with Gasteiger partial charge in [-0.25, -0.2) is 4.79 Å². The predicted octanol–water partition coefficient (Wildman–Crippen LogP) is 4.24. The normalized spacial score (nSPS) is 10.2. The Morgan fingerprint density at radius 1 is 1.26 bits per heavy atom. The fourth-order valence-corrected chi connectivity index (χ4v) is 2.27. The maximum Gasteiger partial charge on any atom is 0.340 e. The van der Waals surface area contributed by atoms with Gasteiger partial charge in [0.2, 0.25) is 0 Å². The molecule has 23 heavy (non-hydrogen) atoms. The van der Waals surface area contributed by atoms with Gasteiger partial charge in [-0.05, 0) is 42.8 Å². The predicted molar refractivity (Wildman–Crippen MR) is 92.7 cm³/mol. The Balaban J connectivity index is 2.28. The van der Waals surface area contributed by atoms with Crippen LogP contribution in [0.5, 0.6) is 5.75 Å². The summed E-state index contributed by atoms with van der Waals surface area (Å²) in [5.74, 6) is 0.165. The number of carbonyl (C=O) groups excluding carboxylic acids is 1. The van der Waals surface area contributed by atoms with Crippen molar-refractivity contribution in [2.24, 2.45) is 0 Å². The number of anilines is 3. The van der Waals surface area contributed by atoms with Crippen LogP contribution in [0.1, 0.15) is 23.7 Å². The SMILES string of the molecule is CCCOC(=O)c1cc(N)ccc1Nc1ccc(OC)c(Cl)c1. The van der Waals surface area contributed by atoms with Gasteiger partial charge >= 0.3 is 5.97 Å². The van der Waals surface area contributed by atoms with E-state index in [-0.39, 0.29) is 0 Å². The minimum Gasteiger partial charge on any atom is -0.495 e. The van der Waals surface area contributed by atoms with Gasteiger partial charge in [-0.3, -0.25) is 0 Å². The Labute approximate surface area is 140 Å². The van der Waals surface area contributed by atoms with Crippen LogP contribution in [-0.2, 0) is 4.74 Å². The monoisotopic (exact) mass is 334 g/mol. The lowest BCUT2D eigenvalue weighted by molar-refractivity contribution is 0.0506. The van der Waals surface area contributed by atoms with Gasteiger partial charge < -0.3 is 20.5 Å². The Morgan fingerprint density at radius 3 is 2.70 bits per heavy atom. The Morgan fingerprint density at radius 2 is 2.04 bits per heavy atom. The molecule has 0 bridgehead atoms. The molecule has 0 atom stereocenters. The molecule has 0 spiro atoms. The third kappa shape index (κ3) is 4.29. The van der Waals surface area contributed by atoms with Crippen LogP contribution < -0.4 is 15.8 Å². The van der Waals surface area contributed by atoms with E-state index in [1.807, 2.05) is 13.0 Å². The van der Waals surface area contributed by atoms with Gasteiger partial charge in [0, 0.05) is 11.4 Å². The lowest BCUT2D eigenvalue weighted by Gasteiger charge is -2.13. The Bertz CT molecular complexity index is 704. The molecule has 2 aromatic carbocycles. The molecule has 0 heterocycles. The first-order valence-corrected chi connectivity index (χ1v) is 7.60. The van der Waals surface area contributed by atoms with Crippen molar-refractivity contribution < 1.29 is 14.3 Å². The minimum absolute atomic E-state index is 0.363. The van der Waals surface area contributed by atoms with Gasteiger partial charge in [-0.1, -0.05) is 18.5 Å². The van der Waals surface area contributed by atoms with E-state index in [1.165, 1.54) is 0 Å². The summed E-state index contributed by atoms with van der Waals surface area (Å²) in [5, 5.41) is 3.63. The number of rotatable bonds is 6. The van der Waals surface area contributed by atoms with E-state index in [0.29, 0.717) is 34.3 Å². The molecule has 3 N–H and O–H groups in total. The average molecular weight is 335 g/mol. The molecule has 0 saturated heterocycles. The molecule has 2 aromatic rings. The maximum atomic E-state index is 12.2. The van der Waals surface area contributed by atoms with Crippen LogP contribution >= 0.6 is 11.6 Å². The summed E-state index contributed by atoms with van der Waals surface area (Å²) in [6.45, 7) is 2.30. The number of methoxy groups -OCH3 is 1. The first-order valence-electron chi connectivity index (χ1n) is 7.22. The molecule has 0 aromatic heterocycles. The smallest absolute Gasteiger partial charge is 0.340 e. The van der Waals surface area contributed by atoms with Gasteiger partial charge in [0.15, 0.2) is 0 Å². The second-order valence-corrected chi connectivity index (χ2v) is 5.32. The van der Waals surface area contributed by atoms with Crippen molar-refractivity contribution in [3.63, 3.8) is 0 Å². The third-order valence-electron chi connectivity index (χ3n) is 3.13. The summed E-state index contributed by atoms with van der Waals surface area (Å²) in [7, 11) is 1.55. The van der Waals surface area contributed by atoms with Crippen LogP contribution in [0.4, 0.5) is 17.1 Å². The molecule has 6 heteroatoms. The topological polar surface area (TPSA) is 73.6 Å². The third-order valence-corrected chi connectivity index (χ3v) is 3.43. The van der Waals surface area contributed by atoms with Crippen molar-refractivity contribution in [2.75, 3.05) is 24.8 Å². The van der Waals surface area contributed by atoms with E-state index in [9.17, 15) is 4.79 Å². The van der Waals surface area contributed by atoms with Crippen LogP contribution in [0.2, 0.25) is 5.02 Å². The first kappa shape index (κ1) is 17.0. The van der Waals surface area contributed by atoms with Crippen molar-refractivity contribution in [3.05, 3.63) is 47.0 Å². The highest BCUT2D eigenvalue weighted by Gasteiger charge is 2.14. The van der Waals surface area contributed by atoms with Crippen molar-refractivity contribution in [1.82, 2.24) is 0 Å². The molecule has 5 nitrogen and oxygen atoms in total. The molecule has 0 amide bonds. The van der Waals surface area contributed by atoms with Crippen LogP contribution in [0, 0.1) is 0 Å². The molecule has 0 aliphatic heterocycles. The number of hydrogen-bond acceptors (Lipinski definition) is 5. The highest BCUT2D eigenvalue weighted by atomic mass is 35.5. The molecule has 122 valence electrons. The minimum atomic E-state index is -0.416. The van der Waals surface area contributed by atoms with E-state index in [4.69, 9.17) is 26.8 Å². The van der Waals surface area contributed by atoms with Crippen molar-refractivity contribution >= 4 is 34.6 Å². The van der Waals surface area contributed by atoms with Gasteiger partial charge in [-0.15, -0.1) is 0 Å². The lowest BCUT2D eigenvalue weighted by Crippen LogP contribution is -2.09. The molecule has 0 aliphatic rings. The molecule has 2 rings (SSSR count). The zero-order valence-corrected chi connectivity index (χ0v) is 13.8. The Kier molecular flexibility index (Phi) is 5.71. The quantitative estimate of drug-likeness (QED) is 0.610. The van der Waals surface area contributed by atoms with E-state index in [1.54, 1.807) is 37.4 Å². The summed E-state index contributed by atoms with van der Waals surface area (Å²) in [4.78, 5) is 12.2. The number of halogens is 1. The van der Waals surface area contributed by atoms with Gasteiger partial charge in [0.1, 0.15) is 5.75 Å². The standard InChI is InChI=1S/C17H19ClN2O3/c1-3-8-23-17(21)13-9-11(19)4-6-15(13)20-12-5-7-16(22-2)14(18)10-12/h4-7,9-10,20H,3,8,19H2,1-2H3. The van der Waals surface area contributed by atoms with Crippen LogP contribution in [-0.4, -0.2) is 19.7 Å². The number of hydrogen-bond donors (Lipinski definition) is 2. The fraction of sp³-hybridized carbons (Fsp3) is 0.235. The number of benzene rings is 2. The molecule has 0 radical (unpaired) electrons. The average Bonchev–Trinajstić information content (AvgIpc) is 2.54. The summed E-state index contributed by atoms with van der Waals surface area (Å²) in [6, 6.07) is 10.3. The van der Waals surface area contributed by atoms with E-state index in [2.05, 4.69) is 5.32 Å². The van der Waals surface area contributed by atoms with Crippen LogP contribution in [0.3, 0.4) is 0 Å². The number of nitrogens with two attached hydrogens (primary N) is 1. The number of esters is 1. The van der Waals surface area contributed by atoms with E-state index in [0.717, 1.165) is 12.1 Å². The molecule has 0 saturated carbocycles. The molecule has 0 aliphatic carbocycles. The molecular formula is C17H19ClN2O3. The summed E-state index contributed by atoms with van der Waals surface area (Å²) in [6.07, 6.45) is 0.755. The first-order chi connectivity index (χ1) is 11.0. The second kappa shape index (κ2) is 7.74. The lowest BCUT2D eigenvalue weighted by atomic mass is 10.1. The van der Waals surface area contributed by atoms with E-state index >= 15 is 0 Å². The number of nitrogen functional groups attached to an aromatic ring is 1. The van der Waals surface area contributed by atoms with Gasteiger partial charge in [0.25, 0.3) is 0 Å². The largest absolute Gasteiger partial charge is 0.495 e. The zero-order chi connectivity index (χ0) is 16.8. The van der Waals surface area contributed by atoms with Crippen molar-refractivity contribution in [3.8, 4) is 5.75 Å². The number of nitrogens with one attached hydrogen (secondary N) is 1. The highest BCUT2D eigenvalue weighted by molar-refractivity contribution is 6.32. The highest BCUT2D eigenvalue weighted by Crippen LogP contribution is 2.30. The summed E-state index contributed by atoms with van der Waals surface area (Å²) in [5.41, 5.74) is 7.97. The van der Waals surface area contributed by atoms with Crippen molar-refractivity contribution in [1.29, 1.82) is 0 Å². The van der Waals surface area contributed by atoms with Crippen molar-refractivity contribution in [2.45, 2.75) is 13.3 Å². The van der Waals surface area contributed by atoms with Gasteiger partial charge in [0.05, 0.1) is 30.0 Å². The number of ether oxygens (including phenoxy) is 2. The van der Waals surface area contributed by atoms with E-state index < -0.39 is 5.97 Å². The van der Waals surface area contributed by atoms with Gasteiger partial charge in [-0.2, -0.15) is 0 Å². The molecular weight excluding hydrogens is 316 g/mol. The number of carbonyl (C=O) groups is 1. The maximum absolute atomic E-state index is 12.2. The Hall–Kier alpha value is -2.40. The van der Waals surface area contributed by atoms with Crippen LogP contribution in [0.25, 0.3) is 0 Å². The fourth-order valence-electron chi connectivity index (χ4n) is 2.01. The summed E-state index contributed by atoms with van der Waals surface area (Å²) >= 11 is 6.12. The molecule has 0 unspecified atom stereocenters.